The molecule has 1 saturated heterocycles. The average Bonchev–Trinajstić information content (AvgIpc) is 3.12. The summed E-state index contributed by atoms with van der Waals surface area (Å²) in [6.45, 7) is 7.20. The number of thioether (sulfide) groups is 1. The normalized spacial score (nSPS) is 15.9. The number of carbonyl (C=O) groups excluding carboxylic acids is 1. The number of nitrogens with zero attached hydrogens (tertiary/aromatic N) is 6. The lowest BCUT2D eigenvalue weighted by Gasteiger charge is -2.39. The Balaban J connectivity index is 1.52. The van der Waals surface area contributed by atoms with Crippen molar-refractivity contribution in [1.82, 2.24) is 24.6 Å². The van der Waals surface area contributed by atoms with Crippen molar-refractivity contribution in [3.8, 4) is 11.1 Å². The fraction of sp³-hybridized carbons (Fsp3) is 0.364. The molecule has 156 valence electrons. The molecule has 2 aromatic heterocycles. The minimum absolute atomic E-state index is 0.358. The third-order valence-electron chi connectivity index (χ3n) is 5.47. The lowest BCUT2D eigenvalue weighted by atomic mass is 10.1. The molecule has 7 nitrogen and oxygen atoms in total. The fourth-order valence-electron chi connectivity index (χ4n) is 3.99. The minimum Gasteiger partial charge on any atom is -0.368 e. The Kier molecular flexibility index (Phi) is 6.15. The molecule has 4 rings (SSSR count). The molecule has 0 aliphatic carbocycles. The van der Waals surface area contributed by atoms with Crippen LogP contribution in [0, 0.1) is 13.8 Å². The fourth-order valence-corrected chi connectivity index (χ4v) is 4.31. The highest BCUT2D eigenvalue weighted by Crippen LogP contribution is 2.31. The largest absolute Gasteiger partial charge is 0.368 e. The van der Waals surface area contributed by atoms with Crippen LogP contribution in [-0.2, 0) is 4.79 Å². The first kappa shape index (κ1) is 20.6. The van der Waals surface area contributed by atoms with Crippen molar-refractivity contribution >= 4 is 23.7 Å². The van der Waals surface area contributed by atoms with Gasteiger partial charge in [-0.2, -0.15) is 5.10 Å². The number of aromatic nitrogens is 4. The molecule has 3 aromatic rings. The van der Waals surface area contributed by atoms with Crippen molar-refractivity contribution in [1.29, 1.82) is 0 Å². The van der Waals surface area contributed by atoms with E-state index in [1.807, 2.05) is 49.3 Å². The molecule has 0 saturated carbocycles. The number of aryl methyl sites for hydroxylation is 2. The molecule has 1 aliphatic heterocycles. The summed E-state index contributed by atoms with van der Waals surface area (Å²) in [5.74, 6) is 0. The van der Waals surface area contributed by atoms with E-state index in [2.05, 4.69) is 43.1 Å². The summed E-state index contributed by atoms with van der Waals surface area (Å²) in [7, 11) is 0. The first-order valence-corrected chi connectivity index (χ1v) is 11.3. The molecule has 0 spiro atoms. The van der Waals surface area contributed by atoms with Crippen LogP contribution in [0.3, 0.4) is 0 Å². The number of hydrogen-bond donors (Lipinski definition) is 0. The van der Waals surface area contributed by atoms with E-state index >= 15 is 0 Å². The second-order valence-corrected chi connectivity index (χ2v) is 8.19. The van der Waals surface area contributed by atoms with Crippen LogP contribution in [-0.4, -0.2) is 63.4 Å². The van der Waals surface area contributed by atoms with Gasteiger partial charge in [0.05, 0.1) is 5.69 Å². The summed E-state index contributed by atoms with van der Waals surface area (Å²) in [6.07, 6.45) is 6.39. The highest BCUT2D eigenvalue weighted by Gasteiger charge is 2.27. The molecule has 0 bridgehead atoms. The summed E-state index contributed by atoms with van der Waals surface area (Å²) in [5.41, 5.74) is 5.25. The molecule has 0 radical (unpaired) electrons. The number of aldehydes is 1. The summed E-state index contributed by atoms with van der Waals surface area (Å²) in [6, 6.07) is 10.4. The summed E-state index contributed by atoms with van der Waals surface area (Å²) < 4.78 is 1.83. The predicted molar refractivity (Wildman–Crippen MR) is 120 cm³/mol. The van der Waals surface area contributed by atoms with Gasteiger partial charge in [0.25, 0.3) is 0 Å². The number of carbonyl (C=O) groups is 1. The van der Waals surface area contributed by atoms with Crippen molar-refractivity contribution in [2.24, 2.45) is 0 Å². The van der Waals surface area contributed by atoms with E-state index in [0.717, 1.165) is 60.1 Å². The Hall–Kier alpha value is -2.71. The van der Waals surface area contributed by atoms with Gasteiger partial charge in [-0.25, -0.2) is 14.6 Å². The van der Waals surface area contributed by atoms with Crippen LogP contribution in [0.15, 0.2) is 47.9 Å². The summed E-state index contributed by atoms with van der Waals surface area (Å²) in [5, 5.41) is 5.29. The van der Waals surface area contributed by atoms with E-state index in [-0.39, 0.29) is 6.17 Å². The zero-order chi connectivity index (χ0) is 21.1. The minimum atomic E-state index is -0.358. The highest BCUT2D eigenvalue weighted by molar-refractivity contribution is 7.98. The molecule has 1 atom stereocenters. The van der Waals surface area contributed by atoms with Gasteiger partial charge in [-0.15, -0.1) is 0 Å². The van der Waals surface area contributed by atoms with Crippen LogP contribution in [0.5, 0.6) is 0 Å². The standard InChI is InChI=1S/C22H26N6OS/c1-16-12-17(2)28(25-16)21(15-29)27-10-8-26(9-11-27)20-7-5-4-6-19(20)18-13-23-22(30-3)24-14-18/h4-7,12-15,21H,8-11H2,1-3H3. The van der Waals surface area contributed by atoms with Gasteiger partial charge in [0.15, 0.2) is 17.6 Å². The molecule has 30 heavy (non-hydrogen) atoms. The zero-order valence-electron chi connectivity index (χ0n) is 17.5. The van der Waals surface area contributed by atoms with Gasteiger partial charge in [0.1, 0.15) is 0 Å². The number of hydrogen-bond acceptors (Lipinski definition) is 7. The van der Waals surface area contributed by atoms with E-state index in [9.17, 15) is 4.79 Å². The van der Waals surface area contributed by atoms with Gasteiger partial charge in [-0.3, -0.25) is 9.69 Å². The van der Waals surface area contributed by atoms with Gasteiger partial charge in [0, 0.05) is 61.1 Å². The maximum atomic E-state index is 11.9. The van der Waals surface area contributed by atoms with Crippen molar-refractivity contribution in [2.75, 3.05) is 37.3 Å². The van der Waals surface area contributed by atoms with Crippen LogP contribution in [0.1, 0.15) is 17.6 Å². The van der Waals surface area contributed by atoms with Gasteiger partial charge < -0.3 is 4.90 Å². The molecule has 1 unspecified atom stereocenters. The van der Waals surface area contributed by atoms with Crippen LogP contribution >= 0.6 is 11.8 Å². The SMILES string of the molecule is CSc1ncc(-c2ccccc2N2CCN(C(C=O)n3nc(C)cc3C)CC2)cn1. The number of anilines is 1. The Labute approximate surface area is 181 Å². The molecule has 1 aliphatic rings. The van der Waals surface area contributed by atoms with Crippen LogP contribution in [0.2, 0.25) is 0 Å². The van der Waals surface area contributed by atoms with E-state index in [1.165, 1.54) is 17.4 Å². The van der Waals surface area contributed by atoms with E-state index < -0.39 is 0 Å². The maximum absolute atomic E-state index is 11.9. The molecule has 8 heteroatoms. The quantitative estimate of drug-likeness (QED) is 0.343. The Morgan fingerprint density at radius 2 is 1.77 bits per heavy atom. The lowest BCUT2D eigenvalue weighted by Crippen LogP contribution is -2.49. The molecular weight excluding hydrogens is 396 g/mol. The number of piperazine rings is 1. The molecule has 1 aromatic carbocycles. The first-order valence-electron chi connectivity index (χ1n) is 10.0. The van der Waals surface area contributed by atoms with Gasteiger partial charge >= 0.3 is 0 Å². The van der Waals surface area contributed by atoms with Crippen LogP contribution in [0.4, 0.5) is 5.69 Å². The number of benzene rings is 1. The number of rotatable bonds is 6. The molecule has 0 amide bonds. The Morgan fingerprint density at radius 3 is 2.37 bits per heavy atom. The molecule has 3 heterocycles. The monoisotopic (exact) mass is 422 g/mol. The number of para-hydroxylation sites is 1. The first-order chi connectivity index (χ1) is 14.6. The average molecular weight is 423 g/mol. The van der Waals surface area contributed by atoms with Crippen molar-refractivity contribution in [3.63, 3.8) is 0 Å². The van der Waals surface area contributed by atoms with Crippen LogP contribution in [0.25, 0.3) is 11.1 Å². The van der Waals surface area contributed by atoms with Gasteiger partial charge in [0.2, 0.25) is 0 Å². The highest BCUT2D eigenvalue weighted by atomic mass is 32.2. The van der Waals surface area contributed by atoms with E-state index in [4.69, 9.17) is 0 Å². The predicted octanol–water partition coefficient (Wildman–Crippen LogP) is 3.20. The third kappa shape index (κ3) is 4.11. The summed E-state index contributed by atoms with van der Waals surface area (Å²) >= 11 is 1.54. The molecular formula is C22H26N6OS. The van der Waals surface area contributed by atoms with Crippen molar-refractivity contribution in [2.45, 2.75) is 25.2 Å². The lowest BCUT2D eigenvalue weighted by molar-refractivity contribution is -0.116. The second kappa shape index (κ2) is 8.97. The van der Waals surface area contributed by atoms with Crippen LogP contribution < -0.4 is 4.90 Å². The molecule has 1 fully saturated rings. The maximum Gasteiger partial charge on any atom is 0.187 e. The zero-order valence-corrected chi connectivity index (χ0v) is 18.3. The van der Waals surface area contributed by atoms with Crippen molar-refractivity contribution in [3.05, 3.63) is 54.1 Å². The Morgan fingerprint density at radius 1 is 1.07 bits per heavy atom. The van der Waals surface area contributed by atoms with E-state index in [0.29, 0.717) is 0 Å². The van der Waals surface area contributed by atoms with E-state index in [1.54, 1.807) is 0 Å². The molecule has 0 N–H and O–H groups in total. The van der Waals surface area contributed by atoms with Gasteiger partial charge in [-0.05, 0) is 32.2 Å². The second-order valence-electron chi connectivity index (χ2n) is 7.42. The Bertz CT molecular complexity index is 1010. The van der Waals surface area contributed by atoms with Gasteiger partial charge in [-0.1, -0.05) is 30.0 Å². The topological polar surface area (TPSA) is 67.2 Å². The summed E-state index contributed by atoms with van der Waals surface area (Å²) in [4.78, 5) is 25.3. The van der Waals surface area contributed by atoms with Crippen molar-refractivity contribution < 1.29 is 4.79 Å². The smallest absolute Gasteiger partial charge is 0.187 e. The third-order valence-corrected chi connectivity index (χ3v) is 6.05.